The Morgan fingerprint density at radius 3 is 3.18 bits per heavy atom. The van der Waals surface area contributed by atoms with Crippen LogP contribution < -0.4 is 0 Å². The second kappa shape index (κ2) is 2.16. The predicted octanol–water partition coefficient (Wildman–Crippen LogP) is 0.542. The van der Waals surface area contributed by atoms with Crippen LogP contribution in [0.25, 0.3) is 5.78 Å². The standard InChI is InChI=1S/C7H5N3O/c11-5-6-1-3-10-4-2-8-7(10)9-6/h1-5H. The molecule has 4 nitrogen and oxygen atoms in total. The van der Waals surface area contributed by atoms with Crippen LogP contribution in [0.1, 0.15) is 10.5 Å². The molecule has 0 saturated heterocycles. The fourth-order valence-electron chi connectivity index (χ4n) is 0.883. The highest BCUT2D eigenvalue weighted by molar-refractivity contribution is 5.72. The molecule has 4 heteroatoms. The van der Waals surface area contributed by atoms with Crippen LogP contribution in [0.2, 0.25) is 0 Å². The molecule has 0 atom stereocenters. The Morgan fingerprint density at radius 1 is 1.45 bits per heavy atom. The van der Waals surface area contributed by atoms with Crippen molar-refractivity contribution < 1.29 is 4.79 Å². The van der Waals surface area contributed by atoms with E-state index in [1.165, 1.54) is 0 Å². The van der Waals surface area contributed by atoms with Gasteiger partial charge in [0.25, 0.3) is 0 Å². The largest absolute Gasteiger partial charge is 0.296 e. The summed E-state index contributed by atoms with van der Waals surface area (Å²) in [6.45, 7) is 0. The van der Waals surface area contributed by atoms with Crippen LogP contribution >= 0.6 is 0 Å². The first-order chi connectivity index (χ1) is 5.40. The Balaban J connectivity index is 2.76. The normalized spacial score (nSPS) is 10.2. The molecule has 0 fully saturated rings. The number of carbonyl (C=O) groups excluding carboxylic acids is 1. The molecule has 0 unspecified atom stereocenters. The molecule has 2 aromatic rings. The topological polar surface area (TPSA) is 47.3 Å². The fourth-order valence-corrected chi connectivity index (χ4v) is 0.883. The van der Waals surface area contributed by atoms with E-state index in [0.29, 0.717) is 17.8 Å². The van der Waals surface area contributed by atoms with Crippen LogP contribution in [0.3, 0.4) is 0 Å². The first-order valence-electron chi connectivity index (χ1n) is 3.15. The highest BCUT2D eigenvalue weighted by atomic mass is 16.1. The zero-order valence-electron chi connectivity index (χ0n) is 5.64. The molecule has 0 saturated carbocycles. The molecule has 2 heterocycles. The van der Waals surface area contributed by atoms with Crippen molar-refractivity contribution in [1.82, 2.24) is 14.4 Å². The SMILES string of the molecule is O=Cc1ccn2ccnc2n1. The van der Waals surface area contributed by atoms with Gasteiger partial charge in [-0.1, -0.05) is 0 Å². The van der Waals surface area contributed by atoms with Crippen LogP contribution in [-0.2, 0) is 0 Å². The van der Waals surface area contributed by atoms with Gasteiger partial charge in [-0.15, -0.1) is 0 Å². The summed E-state index contributed by atoms with van der Waals surface area (Å²) in [7, 11) is 0. The van der Waals surface area contributed by atoms with E-state index in [0.717, 1.165) is 0 Å². The molecule has 2 aromatic heterocycles. The summed E-state index contributed by atoms with van der Waals surface area (Å²) in [4.78, 5) is 18.1. The van der Waals surface area contributed by atoms with Crippen molar-refractivity contribution in [2.24, 2.45) is 0 Å². The van der Waals surface area contributed by atoms with Gasteiger partial charge in [0.15, 0.2) is 6.29 Å². The number of aromatic nitrogens is 3. The Bertz CT molecular complexity index is 393. The van der Waals surface area contributed by atoms with Gasteiger partial charge in [-0.25, -0.2) is 9.97 Å². The van der Waals surface area contributed by atoms with Crippen LogP contribution in [0.4, 0.5) is 0 Å². The first-order valence-corrected chi connectivity index (χ1v) is 3.15. The Kier molecular flexibility index (Phi) is 1.18. The van der Waals surface area contributed by atoms with Gasteiger partial charge in [-0.3, -0.25) is 9.20 Å². The van der Waals surface area contributed by atoms with Gasteiger partial charge in [0, 0.05) is 18.6 Å². The third kappa shape index (κ3) is 0.881. The van der Waals surface area contributed by atoms with Crippen LogP contribution in [-0.4, -0.2) is 20.7 Å². The summed E-state index contributed by atoms with van der Waals surface area (Å²) in [6, 6.07) is 1.64. The second-order valence-corrected chi connectivity index (χ2v) is 2.10. The lowest BCUT2D eigenvalue weighted by molar-refractivity contribution is 0.111. The average molecular weight is 147 g/mol. The lowest BCUT2D eigenvalue weighted by atomic mass is 10.4. The van der Waals surface area contributed by atoms with Crippen molar-refractivity contribution in [2.45, 2.75) is 0 Å². The minimum absolute atomic E-state index is 0.406. The molecule has 2 rings (SSSR count). The molecule has 54 valence electrons. The summed E-state index contributed by atoms with van der Waals surface area (Å²) in [5.41, 5.74) is 0.406. The van der Waals surface area contributed by atoms with Crippen LogP contribution in [0.15, 0.2) is 24.7 Å². The molecule has 0 N–H and O–H groups in total. The number of hydrogen-bond acceptors (Lipinski definition) is 3. The van der Waals surface area contributed by atoms with Crippen LogP contribution in [0, 0.1) is 0 Å². The number of hydrogen-bond donors (Lipinski definition) is 0. The quantitative estimate of drug-likeness (QED) is 0.553. The van der Waals surface area contributed by atoms with E-state index in [9.17, 15) is 4.79 Å². The Morgan fingerprint density at radius 2 is 2.36 bits per heavy atom. The zero-order valence-corrected chi connectivity index (χ0v) is 5.64. The molecular formula is C7H5N3O. The van der Waals surface area contributed by atoms with Gasteiger partial charge in [-0.05, 0) is 6.07 Å². The van der Waals surface area contributed by atoms with E-state index in [1.807, 2.05) is 0 Å². The number of rotatable bonds is 1. The molecule has 0 spiro atoms. The molecular weight excluding hydrogens is 142 g/mol. The minimum atomic E-state index is 0.406. The predicted molar refractivity (Wildman–Crippen MR) is 38.4 cm³/mol. The number of fused-ring (bicyclic) bond motifs is 1. The molecule has 0 radical (unpaired) electrons. The molecule has 0 bridgehead atoms. The average Bonchev–Trinajstić information content (AvgIpc) is 2.50. The van der Waals surface area contributed by atoms with Gasteiger partial charge < -0.3 is 0 Å². The third-order valence-electron chi connectivity index (χ3n) is 1.40. The maximum atomic E-state index is 10.3. The summed E-state index contributed by atoms with van der Waals surface area (Å²) in [5, 5.41) is 0. The molecule has 0 aliphatic heterocycles. The van der Waals surface area contributed by atoms with Crippen molar-refractivity contribution in [3.05, 3.63) is 30.4 Å². The number of nitrogens with zero attached hydrogens (tertiary/aromatic N) is 3. The fraction of sp³-hybridized carbons (Fsp3) is 0. The molecule has 0 aliphatic carbocycles. The smallest absolute Gasteiger partial charge is 0.234 e. The Hall–Kier alpha value is -1.71. The van der Waals surface area contributed by atoms with Gasteiger partial charge in [0.2, 0.25) is 5.78 Å². The van der Waals surface area contributed by atoms with Crippen molar-refractivity contribution >= 4 is 12.1 Å². The van der Waals surface area contributed by atoms with Crippen molar-refractivity contribution in [1.29, 1.82) is 0 Å². The minimum Gasteiger partial charge on any atom is -0.296 e. The highest BCUT2D eigenvalue weighted by Crippen LogP contribution is 1.96. The maximum absolute atomic E-state index is 10.3. The summed E-state index contributed by atoms with van der Waals surface area (Å²) < 4.78 is 1.74. The summed E-state index contributed by atoms with van der Waals surface area (Å²) in [6.07, 6.45) is 5.86. The van der Waals surface area contributed by atoms with Crippen molar-refractivity contribution in [3.8, 4) is 0 Å². The number of aldehydes is 1. The van der Waals surface area contributed by atoms with E-state index < -0.39 is 0 Å². The Labute approximate surface area is 62.5 Å². The highest BCUT2D eigenvalue weighted by Gasteiger charge is 1.95. The monoisotopic (exact) mass is 147 g/mol. The number of carbonyl (C=O) groups is 1. The molecule has 11 heavy (non-hydrogen) atoms. The number of imidazole rings is 1. The van der Waals surface area contributed by atoms with Crippen LogP contribution in [0.5, 0.6) is 0 Å². The first kappa shape index (κ1) is 6.03. The van der Waals surface area contributed by atoms with E-state index in [2.05, 4.69) is 9.97 Å². The van der Waals surface area contributed by atoms with Gasteiger partial charge >= 0.3 is 0 Å². The third-order valence-corrected chi connectivity index (χ3v) is 1.40. The van der Waals surface area contributed by atoms with Gasteiger partial charge in [-0.2, -0.15) is 0 Å². The zero-order chi connectivity index (χ0) is 7.68. The van der Waals surface area contributed by atoms with Crippen molar-refractivity contribution in [3.63, 3.8) is 0 Å². The molecule has 0 aromatic carbocycles. The summed E-state index contributed by atoms with van der Waals surface area (Å²) in [5.74, 6) is 0.551. The lowest BCUT2D eigenvalue weighted by Crippen LogP contribution is -1.91. The van der Waals surface area contributed by atoms with E-state index in [-0.39, 0.29) is 0 Å². The lowest BCUT2D eigenvalue weighted by Gasteiger charge is -1.90. The van der Waals surface area contributed by atoms with Crippen molar-refractivity contribution in [2.75, 3.05) is 0 Å². The molecule has 0 aliphatic rings. The maximum Gasteiger partial charge on any atom is 0.234 e. The van der Waals surface area contributed by atoms with E-state index >= 15 is 0 Å². The second-order valence-electron chi connectivity index (χ2n) is 2.10. The summed E-state index contributed by atoms with van der Waals surface area (Å²) >= 11 is 0. The van der Waals surface area contributed by atoms with E-state index in [4.69, 9.17) is 0 Å². The van der Waals surface area contributed by atoms with Gasteiger partial charge in [0.1, 0.15) is 5.69 Å². The molecule has 0 amide bonds. The van der Waals surface area contributed by atoms with Gasteiger partial charge in [0.05, 0.1) is 0 Å². The van der Waals surface area contributed by atoms with E-state index in [1.54, 1.807) is 29.1 Å².